The van der Waals surface area contributed by atoms with Crippen molar-refractivity contribution in [1.82, 2.24) is 4.90 Å². The molecule has 70 valence electrons. The number of Topliss-reactive ketones (excluding diaryl/α,β-unsaturated/α-hetero) is 1. The lowest BCUT2D eigenvalue weighted by molar-refractivity contribution is -0.122. The lowest BCUT2D eigenvalue weighted by Crippen LogP contribution is -2.43. The van der Waals surface area contributed by atoms with Gasteiger partial charge in [-0.1, -0.05) is 6.92 Å². The Bertz CT molecular complexity index is 145. The molecule has 0 unspecified atom stereocenters. The van der Waals surface area contributed by atoms with Crippen LogP contribution >= 0.6 is 0 Å². The summed E-state index contributed by atoms with van der Waals surface area (Å²) in [5.74, 6) is 0.360. The van der Waals surface area contributed by atoms with E-state index < -0.39 is 0 Å². The number of aliphatic hydroxyl groups is 1. The molecule has 0 spiro atoms. The Morgan fingerprint density at radius 2 is 2.08 bits per heavy atom. The minimum Gasteiger partial charge on any atom is -0.395 e. The average molecular weight is 171 g/mol. The van der Waals surface area contributed by atoms with E-state index >= 15 is 0 Å². The fourth-order valence-electron chi connectivity index (χ4n) is 1.64. The Morgan fingerprint density at radius 1 is 1.50 bits per heavy atom. The highest BCUT2D eigenvalue weighted by Crippen LogP contribution is 2.11. The fraction of sp³-hybridized carbons (Fsp3) is 0.889. The topological polar surface area (TPSA) is 40.5 Å². The smallest absolute Gasteiger partial charge is 0.135 e. The third-order valence-electron chi connectivity index (χ3n) is 2.55. The first kappa shape index (κ1) is 9.68. The van der Waals surface area contributed by atoms with Crippen LogP contribution in [0.25, 0.3) is 0 Å². The van der Waals surface area contributed by atoms with Gasteiger partial charge in [-0.15, -0.1) is 0 Å². The van der Waals surface area contributed by atoms with E-state index in [0.717, 1.165) is 19.5 Å². The molecular weight excluding hydrogens is 154 g/mol. The second-order valence-electron chi connectivity index (χ2n) is 3.32. The molecule has 3 nitrogen and oxygen atoms in total. The van der Waals surface area contributed by atoms with Gasteiger partial charge >= 0.3 is 0 Å². The normalized spacial score (nSPS) is 22.7. The summed E-state index contributed by atoms with van der Waals surface area (Å²) >= 11 is 0. The van der Waals surface area contributed by atoms with Gasteiger partial charge < -0.3 is 5.11 Å². The van der Waals surface area contributed by atoms with E-state index in [1.165, 1.54) is 0 Å². The zero-order valence-electron chi connectivity index (χ0n) is 7.62. The van der Waals surface area contributed by atoms with Crippen LogP contribution in [0.3, 0.4) is 0 Å². The van der Waals surface area contributed by atoms with Crippen LogP contribution in [-0.4, -0.2) is 41.5 Å². The van der Waals surface area contributed by atoms with E-state index in [0.29, 0.717) is 18.6 Å². The van der Waals surface area contributed by atoms with E-state index in [1.54, 1.807) is 0 Å². The monoisotopic (exact) mass is 171 g/mol. The van der Waals surface area contributed by atoms with Crippen LogP contribution < -0.4 is 0 Å². The van der Waals surface area contributed by atoms with Crippen LogP contribution in [0.5, 0.6) is 0 Å². The van der Waals surface area contributed by atoms with Crippen molar-refractivity contribution >= 4 is 5.78 Å². The summed E-state index contributed by atoms with van der Waals surface area (Å²) in [4.78, 5) is 13.1. The van der Waals surface area contributed by atoms with Crippen molar-refractivity contribution in [2.24, 2.45) is 0 Å². The first-order valence-corrected chi connectivity index (χ1v) is 4.64. The summed E-state index contributed by atoms with van der Waals surface area (Å²) in [6, 6.07) is 0.262. The third-order valence-corrected chi connectivity index (χ3v) is 2.55. The number of hydrogen-bond acceptors (Lipinski definition) is 3. The minimum atomic E-state index is 0.213. The van der Waals surface area contributed by atoms with E-state index in [1.807, 2.05) is 0 Å². The zero-order valence-corrected chi connectivity index (χ0v) is 7.62. The van der Waals surface area contributed by atoms with Crippen molar-refractivity contribution in [2.75, 3.05) is 19.7 Å². The fourth-order valence-corrected chi connectivity index (χ4v) is 1.64. The van der Waals surface area contributed by atoms with Gasteiger partial charge in [-0.3, -0.25) is 9.69 Å². The van der Waals surface area contributed by atoms with Gasteiger partial charge in [-0.05, 0) is 6.42 Å². The molecule has 0 saturated carbocycles. The second kappa shape index (κ2) is 4.58. The van der Waals surface area contributed by atoms with Crippen molar-refractivity contribution in [1.29, 1.82) is 0 Å². The molecule has 1 heterocycles. The summed E-state index contributed by atoms with van der Waals surface area (Å²) in [6.07, 6.45) is 2.29. The van der Waals surface area contributed by atoms with Gasteiger partial charge in [-0.25, -0.2) is 0 Å². The number of piperidine rings is 1. The van der Waals surface area contributed by atoms with Gasteiger partial charge in [0.25, 0.3) is 0 Å². The first-order chi connectivity index (χ1) is 5.77. The van der Waals surface area contributed by atoms with Crippen molar-refractivity contribution in [3.05, 3.63) is 0 Å². The van der Waals surface area contributed by atoms with Crippen molar-refractivity contribution < 1.29 is 9.90 Å². The standard InChI is InChI=1S/C9H17NO2/c1-2-8(7-11)10-5-3-9(12)4-6-10/h8,11H,2-7H2,1H3/t8-/m0/s1. The minimum absolute atomic E-state index is 0.213. The molecule has 3 heteroatoms. The molecule has 1 saturated heterocycles. The zero-order chi connectivity index (χ0) is 8.97. The Labute approximate surface area is 73.4 Å². The molecule has 0 amide bonds. The number of carbonyl (C=O) groups is 1. The number of hydrogen-bond donors (Lipinski definition) is 1. The van der Waals surface area contributed by atoms with Gasteiger partial charge in [0.2, 0.25) is 0 Å². The summed E-state index contributed by atoms with van der Waals surface area (Å²) < 4.78 is 0. The van der Waals surface area contributed by atoms with Gasteiger partial charge in [0.15, 0.2) is 0 Å². The summed E-state index contributed by atoms with van der Waals surface area (Å²) in [5.41, 5.74) is 0. The maximum absolute atomic E-state index is 10.9. The van der Waals surface area contributed by atoms with Crippen LogP contribution in [0.15, 0.2) is 0 Å². The number of carbonyl (C=O) groups excluding carboxylic acids is 1. The van der Waals surface area contributed by atoms with Crippen molar-refractivity contribution in [2.45, 2.75) is 32.2 Å². The molecule has 1 fully saturated rings. The predicted molar refractivity (Wildman–Crippen MR) is 47.0 cm³/mol. The SMILES string of the molecule is CC[C@@H](CO)N1CCC(=O)CC1. The highest BCUT2D eigenvalue weighted by Gasteiger charge is 2.21. The molecule has 0 aromatic carbocycles. The number of rotatable bonds is 3. The van der Waals surface area contributed by atoms with Crippen LogP contribution in [0.2, 0.25) is 0 Å². The third kappa shape index (κ3) is 2.29. The Kier molecular flexibility index (Phi) is 3.69. The van der Waals surface area contributed by atoms with E-state index in [4.69, 9.17) is 5.11 Å². The van der Waals surface area contributed by atoms with Gasteiger partial charge in [0.1, 0.15) is 5.78 Å². The highest BCUT2D eigenvalue weighted by atomic mass is 16.3. The molecule has 1 N–H and O–H groups in total. The predicted octanol–water partition coefficient (Wildman–Crippen LogP) is 0.422. The molecule has 1 atom stereocenters. The Morgan fingerprint density at radius 3 is 2.50 bits per heavy atom. The van der Waals surface area contributed by atoms with Crippen molar-refractivity contribution in [3.8, 4) is 0 Å². The lowest BCUT2D eigenvalue weighted by atomic mass is 10.1. The maximum Gasteiger partial charge on any atom is 0.135 e. The Hall–Kier alpha value is -0.410. The number of aliphatic hydroxyl groups excluding tert-OH is 1. The van der Waals surface area contributed by atoms with E-state index in [9.17, 15) is 4.79 Å². The first-order valence-electron chi connectivity index (χ1n) is 4.64. The summed E-state index contributed by atoms with van der Waals surface area (Å²) in [6.45, 7) is 3.94. The molecule has 0 aliphatic carbocycles. The maximum atomic E-state index is 10.9. The van der Waals surface area contributed by atoms with E-state index in [2.05, 4.69) is 11.8 Å². The molecule has 1 aliphatic rings. The van der Waals surface area contributed by atoms with Crippen LogP contribution in [0.4, 0.5) is 0 Å². The molecule has 12 heavy (non-hydrogen) atoms. The average Bonchev–Trinajstić information content (AvgIpc) is 2.10. The number of nitrogens with zero attached hydrogens (tertiary/aromatic N) is 1. The largest absolute Gasteiger partial charge is 0.395 e. The van der Waals surface area contributed by atoms with Crippen molar-refractivity contribution in [3.63, 3.8) is 0 Å². The number of likely N-dealkylation sites (tertiary alicyclic amines) is 1. The molecule has 0 aromatic rings. The summed E-state index contributed by atoms with van der Waals surface area (Å²) in [7, 11) is 0. The molecular formula is C9H17NO2. The highest BCUT2D eigenvalue weighted by molar-refractivity contribution is 5.79. The quantitative estimate of drug-likeness (QED) is 0.669. The van der Waals surface area contributed by atoms with Crippen LogP contribution in [0, 0.1) is 0 Å². The lowest BCUT2D eigenvalue weighted by Gasteiger charge is -2.32. The van der Waals surface area contributed by atoms with Crippen LogP contribution in [-0.2, 0) is 4.79 Å². The second-order valence-corrected chi connectivity index (χ2v) is 3.32. The van der Waals surface area contributed by atoms with Gasteiger partial charge in [0.05, 0.1) is 6.61 Å². The summed E-state index contributed by atoms with van der Waals surface area (Å²) in [5, 5.41) is 9.02. The molecule has 0 radical (unpaired) electrons. The van der Waals surface area contributed by atoms with Crippen LogP contribution in [0.1, 0.15) is 26.2 Å². The molecule has 0 aromatic heterocycles. The van der Waals surface area contributed by atoms with E-state index in [-0.39, 0.29) is 12.6 Å². The van der Waals surface area contributed by atoms with Gasteiger partial charge in [0, 0.05) is 32.0 Å². The molecule has 0 bridgehead atoms. The molecule has 1 aliphatic heterocycles. The number of ketones is 1. The van der Waals surface area contributed by atoms with Gasteiger partial charge in [-0.2, -0.15) is 0 Å². The Balaban J connectivity index is 2.37. The molecule has 1 rings (SSSR count).